The summed E-state index contributed by atoms with van der Waals surface area (Å²) in [5, 5.41) is 4.08. The van der Waals surface area contributed by atoms with E-state index >= 15 is 0 Å². The number of rotatable bonds is 7. The number of nitrogens with zero attached hydrogens (tertiary/aromatic N) is 2. The second-order valence-electron chi connectivity index (χ2n) is 8.13. The lowest BCUT2D eigenvalue weighted by Gasteiger charge is -2.27. The number of benzene rings is 2. The second kappa shape index (κ2) is 10.1. The summed E-state index contributed by atoms with van der Waals surface area (Å²) in [6.45, 7) is 4.66. The molecular formula is C25H29N3O2S. The monoisotopic (exact) mass is 435 g/mol. The Labute approximate surface area is 187 Å². The summed E-state index contributed by atoms with van der Waals surface area (Å²) >= 11 is 1.52. The largest absolute Gasteiger partial charge is 0.351 e. The lowest BCUT2D eigenvalue weighted by molar-refractivity contribution is -0.132. The normalized spacial score (nSPS) is 14.0. The zero-order valence-corrected chi connectivity index (χ0v) is 18.8. The fraction of sp³-hybridized carbons (Fsp3) is 0.360. The number of aryl methyl sites for hydroxylation is 1. The lowest BCUT2D eigenvalue weighted by Crippen LogP contribution is -2.37. The molecule has 1 aliphatic heterocycles. The summed E-state index contributed by atoms with van der Waals surface area (Å²) in [6.07, 6.45) is 5.42. The number of thioether (sulfide) groups is 1. The number of hydrogen-bond donors (Lipinski definition) is 1. The molecule has 4 rings (SSSR count). The first-order chi connectivity index (χ1) is 15.1. The van der Waals surface area contributed by atoms with Gasteiger partial charge in [-0.25, -0.2) is 0 Å². The number of nitrogens with one attached hydrogen (secondary N) is 1. The third-order valence-electron chi connectivity index (χ3n) is 5.74. The zero-order valence-electron chi connectivity index (χ0n) is 18.0. The zero-order chi connectivity index (χ0) is 21.6. The van der Waals surface area contributed by atoms with Crippen LogP contribution in [0.5, 0.6) is 0 Å². The SMILES string of the molecule is Cc1ccc(CNC(=O)CSc2cn(CC(=O)N3CCCCC3)c3ccccc23)cc1. The van der Waals surface area contributed by atoms with Crippen molar-refractivity contribution in [2.24, 2.45) is 0 Å². The highest BCUT2D eigenvalue weighted by Gasteiger charge is 2.18. The van der Waals surface area contributed by atoms with Crippen LogP contribution in [0.4, 0.5) is 0 Å². The van der Waals surface area contributed by atoms with Crippen molar-refractivity contribution in [1.82, 2.24) is 14.8 Å². The number of carbonyl (C=O) groups excluding carboxylic acids is 2. The minimum Gasteiger partial charge on any atom is -0.351 e. The van der Waals surface area contributed by atoms with Crippen molar-refractivity contribution in [1.29, 1.82) is 0 Å². The fourth-order valence-electron chi connectivity index (χ4n) is 3.95. The van der Waals surface area contributed by atoms with Gasteiger partial charge in [-0.15, -0.1) is 11.8 Å². The fourth-order valence-corrected chi connectivity index (χ4v) is 4.87. The molecule has 0 spiro atoms. The number of aromatic nitrogens is 1. The summed E-state index contributed by atoms with van der Waals surface area (Å²) in [5.74, 6) is 0.527. The van der Waals surface area contributed by atoms with Gasteiger partial charge in [-0.2, -0.15) is 0 Å². The van der Waals surface area contributed by atoms with E-state index in [1.54, 1.807) is 0 Å². The van der Waals surface area contributed by atoms with Gasteiger partial charge in [0, 0.05) is 41.6 Å². The van der Waals surface area contributed by atoms with Gasteiger partial charge < -0.3 is 14.8 Å². The van der Waals surface area contributed by atoms with Gasteiger partial charge in [0.1, 0.15) is 6.54 Å². The number of para-hydroxylation sites is 1. The Morgan fingerprint density at radius 3 is 2.52 bits per heavy atom. The molecule has 2 amide bonds. The predicted octanol–water partition coefficient (Wildman–Crippen LogP) is 4.37. The third kappa shape index (κ3) is 5.50. The van der Waals surface area contributed by atoms with Crippen LogP contribution in [0.3, 0.4) is 0 Å². The van der Waals surface area contributed by atoms with Crippen LogP contribution in [0.1, 0.15) is 30.4 Å². The van der Waals surface area contributed by atoms with Crippen LogP contribution >= 0.6 is 11.8 Å². The van der Waals surface area contributed by atoms with E-state index in [2.05, 4.69) is 30.4 Å². The van der Waals surface area contributed by atoms with E-state index in [1.165, 1.54) is 23.7 Å². The molecular weight excluding hydrogens is 406 g/mol. The quantitative estimate of drug-likeness (QED) is 0.561. The molecule has 0 aliphatic carbocycles. The Kier molecular flexibility index (Phi) is 6.97. The third-order valence-corrected chi connectivity index (χ3v) is 6.78. The van der Waals surface area contributed by atoms with Crippen LogP contribution < -0.4 is 5.32 Å². The molecule has 0 radical (unpaired) electrons. The molecule has 162 valence electrons. The van der Waals surface area contributed by atoms with E-state index in [-0.39, 0.29) is 11.8 Å². The van der Waals surface area contributed by atoms with E-state index in [0.717, 1.165) is 47.3 Å². The van der Waals surface area contributed by atoms with Crippen molar-refractivity contribution in [3.8, 4) is 0 Å². The first kappa shape index (κ1) is 21.5. The van der Waals surface area contributed by atoms with Gasteiger partial charge >= 0.3 is 0 Å². The molecule has 2 aromatic carbocycles. The minimum atomic E-state index is 0.00630. The van der Waals surface area contributed by atoms with Crippen molar-refractivity contribution in [3.63, 3.8) is 0 Å². The van der Waals surface area contributed by atoms with Gasteiger partial charge in [0.15, 0.2) is 0 Å². The van der Waals surface area contributed by atoms with Gasteiger partial charge in [-0.1, -0.05) is 48.0 Å². The summed E-state index contributed by atoms with van der Waals surface area (Å²) in [7, 11) is 0. The molecule has 1 aliphatic rings. The maximum Gasteiger partial charge on any atom is 0.242 e. The molecule has 0 unspecified atom stereocenters. The molecule has 31 heavy (non-hydrogen) atoms. The summed E-state index contributed by atoms with van der Waals surface area (Å²) < 4.78 is 2.03. The Hall–Kier alpha value is -2.73. The Morgan fingerprint density at radius 2 is 1.74 bits per heavy atom. The average Bonchev–Trinajstić information content (AvgIpc) is 3.15. The van der Waals surface area contributed by atoms with Crippen LogP contribution in [0.2, 0.25) is 0 Å². The summed E-state index contributed by atoms with van der Waals surface area (Å²) in [6, 6.07) is 16.3. The van der Waals surface area contributed by atoms with Crippen molar-refractivity contribution < 1.29 is 9.59 Å². The van der Waals surface area contributed by atoms with Gasteiger partial charge in [0.25, 0.3) is 0 Å². The molecule has 0 bridgehead atoms. The number of piperidine rings is 1. The number of fused-ring (bicyclic) bond motifs is 1. The van der Waals surface area contributed by atoms with E-state index in [1.807, 2.05) is 46.0 Å². The highest BCUT2D eigenvalue weighted by atomic mass is 32.2. The smallest absolute Gasteiger partial charge is 0.242 e. The number of likely N-dealkylation sites (tertiary alicyclic amines) is 1. The first-order valence-electron chi connectivity index (χ1n) is 10.9. The molecule has 0 saturated carbocycles. The van der Waals surface area contributed by atoms with Gasteiger partial charge in [0.2, 0.25) is 11.8 Å². The average molecular weight is 436 g/mol. The van der Waals surface area contributed by atoms with Crippen LogP contribution in [0, 0.1) is 6.92 Å². The topological polar surface area (TPSA) is 54.3 Å². The number of amides is 2. The van der Waals surface area contributed by atoms with Crippen molar-refractivity contribution in [2.75, 3.05) is 18.8 Å². The van der Waals surface area contributed by atoms with Gasteiger partial charge in [-0.3, -0.25) is 9.59 Å². The molecule has 1 N–H and O–H groups in total. The maximum absolute atomic E-state index is 12.8. The van der Waals surface area contributed by atoms with Crippen LogP contribution in [-0.4, -0.2) is 40.1 Å². The van der Waals surface area contributed by atoms with Crippen LogP contribution in [-0.2, 0) is 22.7 Å². The van der Waals surface area contributed by atoms with Crippen LogP contribution in [0.15, 0.2) is 59.6 Å². The molecule has 3 aromatic rings. The van der Waals surface area contributed by atoms with Gasteiger partial charge in [0.05, 0.1) is 5.75 Å². The maximum atomic E-state index is 12.8. The summed E-state index contributed by atoms with van der Waals surface area (Å²) in [4.78, 5) is 28.2. The number of hydrogen-bond acceptors (Lipinski definition) is 3. The van der Waals surface area contributed by atoms with E-state index < -0.39 is 0 Å². The van der Waals surface area contributed by atoms with Crippen molar-refractivity contribution in [3.05, 3.63) is 65.9 Å². The molecule has 5 nitrogen and oxygen atoms in total. The molecule has 1 saturated heterocycles. The van der Waals surface area contributed by atoms with E-state index in [4.69, 9.17) is 0 Å². The highest BCUT2D eigenvalue weighted by molar-refractivity contribution is 8.00. The second-order valence-corrected chi connectivity index (χ2v) is 9.15. The molecule has 2 heterocycles. The van der Waals surface area contributed by atoms with Crippen molar-refractivity contribution >= 4 is 34.5 Å². The highest BCUT2D eigenvalue weighted by Crippen LogP contribution is 2.30. The van der Waals surface area contributed by atoms with Gasteiger partial charge in [-0.05, 0) is 37.8 Å². The standard InChI is InChI=1S/C25H29N3O2S/c1-19-9-11-20(12-10-19)15-26-24(29)18-31-23-16-28(22-8-4-3-7-21(22)23)17-25(30)27-13-5-2-6-14-27/h3-4,7-12,16H,2,5-6,13-15,17-18H2,1H3,(H,26,29). The van der Waals surface area contributed by atoms with Crippen molar-refractivity contribution in [2.45, 2.75) is 44.2 Å². The molecule has 0 atom stereocenters. The lowest BCUT2D eigenvalue weighted by atomic mass is 10.1. The Morgan fingerprint density at radius 1 is 1.00 bits per heavy atom. The minimum absolute atomic E-state index is 0.00630. The molecule has 1 aromatic heterocycles. The van der Waals surface area contributed by atoms with Crippen LogP contribution in [0.25, 0.3) is 10.9 Å². The predicted molar refractivity (Wildman–Crippen MR) is 126 cm³/mol. The molecule has 1 fully saturated rings. The first-order valence-corrected chi connectivity index (χ1v) is 11.9. The Balaban J connectivity index is 1.38. The summed E-state index contributed by atoms with van der Waals surface area (Å²) in [5.41, 5.74) is 3.34. The van der Waals surface area contributed by atoms with E-state index in [0.29, 0.717) is 18.8 Å². The molecule has 6 heteroatoms. The number of carbonyl (C=O) groups is 2. The Bertz CT molecular complexity index is 1050. The van der Waals surface area contributed by atoms with E-state index in [9.17, 15) is 9.59 Å².